The first kappa shape index (κ1) is 15.8. The molecule has 2 nitrogen and oxygen atoms in total. The highest BCUT2D eigenvalue weighted by Crippen LogP contribution is 2.12. The van der Waals surface area contributed by atoms with Gasteiger partial charge in [-0.3, -0.25) is 0 Å². The van der Waals surface area contributed by atoms with Gasteiger partial charge in [0.05, 0.1) is 0 Å². The van der Waals surface area contributed by atoms with E-state index in [9.17, 15) is 0 Å². The van der Waals surface area contributed by atoms with E-state index in [0.29, 0.717) is 5.92 Å². The van der Waals surface area contributed by atoms with Crippen LogP contribution in [0.15, 0.2) is 24.3 Å². The Morgan fingerprint density at radius 3 is 2.33 bits per heavy atom. The zero-order valence-electron chi connectivity index (χ0n) is 12.5. The standard InChI is InChI=1S/C13H26O2Si3/c1-11(2)12-9-7-8-10-13(12)16-14-18(5,6)15-17(3)4/h7-11,17H,16H2,1-6H3. The van der Waals surface area contributed by atoms with Crippen LogP contribution in [0.1, 0.15) is 25.3 Å². The molecule has 0 radical (unpaired) electrons. The lowest BCUT2D eigenvalue weighted by Gasteiger charge is -2.26. The summed E-state index contributed by atoms with van der Waals surface area (Å²) in [5.41, 5.74) is 1.44. The van der Waals surface area contributed by atoms with Crippen molar-refractivity contribution in [2.45, 2.75) is 46.0 Å². The van der Waals surface area contributed by atoms with Gasteiger partial charge in [0.15, 0.2) is 18.8 Å². The minimum absolute atomic E-state index is 0.572. The van der Waals surface area contributed by atoms with Crippen molar-refractivity contribution in [3.05, 3.63) is 29.8 Å². The average Bonchev–Trinajstić information content (AvgIpc) is 2.25. The smallest absolute Gasteiger partial charge is 0.310 e. The van der Waals surface area contributed by atoms with Gasteiger partial charge in [-0.2, -0.15) is 0 Å². The van der Waals surface area contributed by atoms with E-state index in [-0.39, 0.29) is 0 Å². The monoisotopic (exact) mass is 298 g/mol. The quantitative estimate of drug-likeness (QED) is 0.750. The highest BCUT2D eigenvalue weighted by Gasteiger charge is 2.25. The molecule has 0 amide bonds. The van der Waals surface area contributed by atoms with Gasteiger partial charge in [-0.05, 0) is 42.9 Å². The van der Waals surface area contributed by atoms with Crippen molar-refractivity contribution in [2.75, 3.05) is 0 Å². The van der Waals surface area contributed by atoms with Crippen LogP contribution in [-0.4, -0.2) is 27.4 Å². The largest absolute Gasteiger partial charge is 0.440 e. The molecule has 0 aliphatic heterocycles. The van der Waals surface area contributed by atoms with Crippen LogP contribution in [0.25, 0.3) is 0 Å². The maximum atomic E-state index is 6.21. The second kappa shape index (κ2) is 6.81. The fourth-order valence-corrected chi connectivity index (χ4v) is 10.4. The van der Waals surface area contributed by atoms with Gasteiger partial charge < -0.3 is 8.23 Å². The summed E-state index contributed by atoms with van der Waals surface area (Å²) in [6.07, 6.45) is 0. The first-order valence-corrected chi connectivity index (χ1v) is 13.6. The first-order valence-electron chi connectivity index (χ1n) is 6.71. The molecule has 0 saturated carbocycles. The van der Waals surface area contributed by atoms with Crippen LogP contribution >= 0.6 is 0 Å². The van der Waals surface area contributed by atoms with E-state index in [1.807, 2.05) is 0 Å². The lowest BCUT2D eigenvalue weighted by molar-refractivity contribution is 0.424. The molecule has 0 saturated heterocycles. The molecule has 1 aromatic rings. The maximum absolute atomic E-state index is 6.21. The minimum Gasteiger partial charge on any atom is -0.440 e. The van der Waals surface area contributed by atoms with Crippen LogP contribution < -0.4 is 5.19 Å². The van der Waals surface area contributed by atoms with Crippen molar-refractivity contribution in [1.29, 1.82) is 0 Å². The molecule has 0 fully saturated rings. The zero-order chi connectivity index (χ0) is 13.8. The van der Waals surface area contributed by atoms with Crippen molar-refractivity contribution in [3.63, 3.8) is 0 Å². The normalized spacial score (nSPS) is 13.1. The molecular weight excluding hydrogens is 272 g/mol. The van der Waals surface area contributed by atoms with Crippen LogP contribution in [0.2, 0.25) is 26.2 Å². The molecule has 102 valence electrons. The summed E-state index contributed by atoms with van der Waals surface area (Å²) in [4.78, 5) is 0. The van der Waals surface area contributed by atoms with Crippen LogP contribution in [0.4, 0.5) is 0 Å². The highest BCUT2D eigenvalue weighted by molar-refractivity contribution is 6.77. The Kier molecular flexibility index (Phi) is 6.00. The van der Waals surface area contributed by atoms with Gasteiger partial charge in [-0.1, -0.05) is 38.1 Å². The summed E-state index contributed by atoms with van der Waals surface area (Å²) in [7, 11) is -3.55. The number of benzene rings is 1. The third kappa shape index (κ3) is 5.19. The van der Waals surface area contributed by atoms with Crippen LogP contribution in [0.3, 0.4) is 0 Å². The molecule has 0 aromatic heterocycles. The lowest BCUT2D eigenvalue weighted by Crippen LogP contribution is -2.42. The van der Waals surface area contributed by atoms with Crippen molar-refractivity contribution in [2.24, 2.45) is 0 Å². The van der Waals surface area contributed by atoms with E-state index in [4.69, 9.17) is 8.23 Å². The second-order valence-corrected chi connectivity index (χ2v) is 13.8. The topological polar surface area (TPSA) is 18.5 Å². The minimum atomic E-state index is -1.88. The van der Waals surface area contributed by atoms with Gasteiger partial charge in [0, 0.05) is 0 Å². The Hall–Kier alpha value is -0.209. The number of rotatable bonds is 6. The lowest BCUT2D eigenvalue weighted by atomic mass is 10.0. The average molecular weight is 299 g/mol. The van der Waals surface area contributed by atoms with Crippen LogP contribution in [-0.2, 0) is 8.23 Å². The molecule has 0 spiro atoms. The molecule has 18 heavy (non-hydrogen) atoms. The predicted octanol–water partition coefficient (Wildman–Crippen LogP) is 2.24. The summed E-state index contributed by atoms with van der Waals surface area (Å²) < 4.78 is 12.3. The third-order valence-corrected chi connectivity index (χ3v) is 11.2. The van der Waals surface area contributed by atoms with Gasteiger partial charge in [0.25, 0.3) is 0 Å². The Balaban J connectivity index is 2.68. The SMILES string of the molecule is CC(C)c1ccccc1[SiH2]O[Si](C)(C)O[SiH](C)C. The fourth-order valence-electron chi connectivity index (χ4n) is 2.08. The van der Waals surface area contributed by atoms with Gasteiger partial charge in [-0.25, -0.2) is 0 Å². The van der Waals surface area contributed by atoms with Gasteiger partial charge >= 0.3 is 8.56 Å². The van der Waals surface area contributed by atoms with Crippen LogP contribution in [0, 0.1) is 0 Å². The van der Waals surface area contributed by atoms with Gasteiger partial charge in [-0.15, -0.1) is 0 Å². The molecule has 0 unspecified atom stereocenters. The summed E-state index contributed by atoms with van der Waals surface area (Å²) in [5, 5.41) is 1.43. The van der Waals surface area contributed by atoms with Gasteiger partial charge in [0.2, 0.25) is 0 Å². The summed E-state index contributed by atoms with van der Waals surface area (Å²) in [6.45, 7) is 13.3. The molecule has 0 atom stereocenters. The molecule has 5 heteroatoms. The zero-order valence-corrected chi connectivity index (χ0v) is 16.1. The Bertz CT molecular complexity index is 378. The van der Waals surface area contributed by atoms with Crippen molar-refractivity contribution < 1.29 is 8.23 Å². The fraction of sp³-hybridized carbons (Fsp3) is 0.538. The van der Waals surface area contributed by atoms with E-state index < -0.39 is 27.4 Å². The van der Waals surface area contributed by atoms with E-state index in [2.05, 4.69) is 64.3 Å². The molecule has 0 N–H and O–H groups in total. The molecule has 0 aliphatic rings. The molecule has 0 aliphatic carbocycles. The van der Waals surface area contributed by atoms with Crippen molar-refractivity contribution in [1.82, 2.24) is 0 Å². The molecule has 1 rings (SSSR count). The van der Waals surface area contributed by atoms with Crippen LogP contribution in [0.5, 0.6) is 0 Å². The van der Waals surface area contributed by atoms with E-state index in [1.54, 1.807) is 0 Å². The summed E-state index contributed by atoms with van der Waals surface area (Å²) in [5.74, 6) is 0.572. The molecule has 0 heterocycles. The second-order valence-electron chi connectivity index (χ2n) is 5.71. The highest BCUT2D eigenvalue weighted by atomic mass is 28.4. The predicted molar refractivity (Wildman–Crippen MR) is 87.2 cm³/mol. The molecule has 1 aromatic carbocycles. The van der Waals surface area contributed by atoms with Gasteiger partial charge in [0.1, 0.15) is 0 Å². The summed E-state index contributed by atoms with van der Waals surface area (Å²) >= 11 is 0. The molecular formula is C13H26O2Si3. The van der Waals surface area contributed by atoms with Crippen molar-refractivity contribution >= 4 is 32.6 Å². The maximum Gasteiger partial charge on any atom is 0.310 e. The summed E-state index contributed by atoms with van der Waals surface area (Å²) in [6, 6.07) is 8.68. The molecule has 0 bridgehead atoms. The van der Waals surface area contributed by atoms with E-state index in [1.165, 1.54) is 10.8 Å². The van der Waals surface area contributed by atoms with Crippen molar-refractivity contribution in [3.8, 4) is 0 Å². The first-order chi connectivity index (χ1) is 8.32. The number of hydrogen-bond acceptors (Lipinski definition) is 2. The third-order valence-electron chi connectivity index (χ3n) is 2.77. The van der Waals surface area contributed by atoms with E-state index >= 15 is 0 Å². The Morgan fingerprint density at radius 1 is 1.17 bits per heavy atom. The number of hydrogen-bond donors (Lipinski definition) is 0. The Labute approximate surface area is 117 Å². The van der Waals surface area contributed by atoms with E-state index in [0.717, 1.165) is 0 Å². The Morgan fingerprint density at radius 2 is 1.78 bits per heavy atom.